The summed E-state index contributed by atoms with van der Waals surface area (Å²) in [5.41, 5.74) is 0.886. The van der Waals surface area contributed by atoms with Gasteiger partial charge in [0.25, 0.3) is 0 Å². The van der Waals surface area contributed by atoms with Crippen molar-refractivity contribution in [3.8, 4) is 11.5 Å². The Morgan fingerprint density at radius 1 is 1.43 bits per heavy atom. The zero-order valence-electron chi connectivity index (χ0n) is 8.10. The topological polar surface area (TPSA) is 49.7 Å². The van der Waals surface area contributed by atoms with Crippen molar-refractivity contribution in [1.29, 1.82) is 0 Å². The van der Waals surface area contributed by atoms with Crippen molar-refractivity contribution >= 4 is 6.08 Å². The molecule has 0 aliphatic heterocycles. The van der Waals surface area contributed by atoms with Gasteiger partial charge in [0.05, 0.1) is 7.11 Å². The van der Waals surface area contributed by atoms with E-state index in [1.54, 1.807) is 12.1 Å². The van der Waals surface area contributed by atoms with Crippen LogP contribution in [0.25, 0.3) is 6.08 Å². The lowest BCUT2D eigenvalue weighted by molar-refractivity contribution is 0.303. The number of aliphatic hydroxyl groups excluding tert-OH is 1. The monoisotopic (exact) mass is 194 g/mol. The number of hydrogen-bond acceptors (Lipinski definition) is 3. The van der Waals surface area contributed by atoms with Gasteiger partial charge in [-0.05, 0) is 24.1 Å². The molecule has 2 N–H and O–H groups in total. The molecule has 0 aromatic heterocycles. The number of hydrogen-bond donors (Lipinski definition) is 2. The van der Waals surface area contributed by atoms with Gasteiger partial charge < -0.3 is 14.9 Å². The lowest BCUT2D eigenvalue weighted by Crippen LogP contribution is -1.83. The van der Waals surface area contributed by atoms with Gasteiger partial charge in [-0.3, -0.25) is 0 Å². The van der Waals surface area contributed by atoms with Crippen LogP contribution in [0.5, 0.6) is 11.5 Å². The number of phenolic OH excluding ortho intramolecular Hbond substituents is 1. The molecule has 1 aromatic rings. The molecule has 1 rings (SSSR count). The Labute approximate surface area is 83.3 Å². The van der Waals surface area contributed by atoms with Gasteiger partial charge >= 0.3 is 0 Å². The highest BCUT2D eigenvalue weighted by Gasteiger charge is 1.99. The molecule has 0 unspecified atom stereocenters. The van der Waals surface area contributed by atoms with Crippen LogP contribution in [0.15, 0.2) is 24.3 Å². The first-order valence-electron chi connectivity index (χ1n) is 4.42. The van der Waals surface area contributed by atoms with E-state index in [1.165, 1.54) is 7.11 Å². The van der Waals surface area contributed by atoms with Crippen molar-refractivity contribution in [2.45, 2.75) is 6.42 Å². The highest BCUT2D eigenvalue weighted by molar-refractivity contribution is 5.55. The number of benzene rings is 1. The van der Waals surface area contributed by atoms with Gasteiger partial charge in [0, 0.05) is 6.61 Å². The molecule has 0 bridgehead atoms. The van der Waals surface area contributed by atoms with Crippen LogP contribution in [0.3, 0.4) is 0 Å². The van der Waals surface area contributed by atoms with E-state index in [1.807, 2.05) is 18.2 Å². The maximum Gasteiger partial charge on any atom is 0.160 e. The molecule has 0 heterocycles. The summed E-state index contributed by atoms with van der Waals surface area (Å²) in [5, 5.41) is 18.0. The second-order valence-corrected chi connectivity index (χ2v) is 2.85. The minimum atomic E-state index is 0.124. The van der Waals surface area contributed by atoms with Gasteiger partial charge in [-0.15, -0.1) is 0 Å². The number of aromatic hydroxyl groups is 1. The predicted molar refractivity (Wildman–Crippen MR) is 55.4 cm³/mol. The van der Waals surface area contributed by atoms with Crippen molar-refractivity contribution in [2.24, 2.45) is 0 Å². The van der Waals surface area contributed by atoms with Crippen LogP contribution in [-0.2, 0) is 0 Å². The Morgan fingerprint density at radius 2 is 2.21 bits per heavy atom. The van der Waals surface area contributed by atoms with Gasteiger partial charge in [-0.25, -0.2) is 0 Å². The summed E-state index contributed by atoms with van der Waals surface area (Å²) in [6.45, 7) is 0.138. The second-order valence-electron chi connectivity index (χ2n) is 2.85. The highest BCUT2D eigenvalue weighted by Crippen LogP contribution is 2.26. The maximum absolute atomic E-state index is 9.44. The lowest BCUT2D eigenvalue weighted by Gasteiger charge is -2.03. The SMILES string of the molecule is COc1ccc(C=CCCO)cc1O. The van der Waals surface area contributed by atoms with Gasteiger partial charge in [0.1, 0.15) is 0 Å². The van der Waals surface area contributed by atoms with Gasteiger partial charge in [-0.2, -0.15) is 0 Å². The van der Waals surface area contributed by atoms with Crippen LogP contribution in [0.4, 0.5) is 0 Å². The zero-order chi connectivity index (χ0) is 10.4. The summed E-state index contributed by atoms with van der Waals surface area (Å²) < 4.78 is 4.91. The molecule has 0 saturated heterocycles. The van der Waals surface area contributed by atoms with E-state index in [-0.39, 0.29) is 12.4 Å². The van der Waals surface area contributed by atoms with E-state index >= 15 is 0 Å². The third kappa shape index (κ3) is 2.78. The molecule has 76 valence electrons. The molecule has 0 aliphatic carbocycles. The molecule has 0 atom stereocenters. The normalized spacial score (nSPS) is 10.7. The fourth-order valence-electron chi connectivity index (χ4n) is 1.10. The Kier molecular flexibility index (Phi) is 4.01. The average Bonchev–Trinajstić information content (AvgIpc) is 2.18. The van der Waals surface area contributed by atoms with Crippen LogP contribution in [0.2, 0.25) is 0 Å². The van der Waals surface area contributed by atoms with Crippen molar-refractivity contribution in [3.63, 3.8) is 0 Å². The molecule has 0 aliphatic rings. The van der Waals surface area contributed by atoms with Crippen LogP contribution >= 0.6 is 0 Å². The maximum atomic E-state index is 9.44. The lowest BCUT2D eigenvalue weighted by atomic mass is 10.2. The number of phenols is 1. The number of rotatable bonds is 4. The van der Waals surface area contributed by atoms with E-state index in [4.69, 9.17) is 9.84 Å². The van der Waals surface area contributed by atoms with Crippen LogP contribution in [-0.4, -0.2) is 23.9 Å². The molecular formula is C11H14O3. The Bertz CT molecular complexity index is 318. The van der Waals surface area contributed by atoms with E-state index in [0.717, 1.165) is 5.56 Å². The summed E-state index contributed by atoms with van der Waals surface area (Å²) in [6.07, 6.45) is 4.31. The predicted octanol–water partition coefficient (Wildman–Crippen LogP) is 1.80. The first-order chi connectivity index (χ1) is 6.77. The molecule has 0 saturated carbocycles. The molecule has 3 nitrogen and oxygen atoms in total. The molecule has 0 fully saturated rings. The van der Waals surface area contributed by atoms with E-state index in [9.17, 15) is 5.11 Å². The van der Waals surface area contributed by atoms with Crippen molar-refractivity contribution in [1.82, 2.24) is 0 Å². The third-order valence-electron chi connectivity index (χ3n) is 1.81. The van der Waals surface area contributed by atoms with Crippen LogP contribution < -0.4 is 4.74 Å². The molecule has 0 radical (unpaired) electrons. The fourth-order valence-corrected chi connectivity index (χ4v) is 1.10. The summed E-state index contributed by atoms with van der Waals surface area (Å²) >= 11 is 0. The minimum absolute atomic E-state index is 0.124. The Morgan fingerprint density at radius 3 is 2.79 bits per heavy atom. The zero-order valence-corrected chi connectivity index (χ0v) is 8.10. The second kappa shape index (κ2) is 5.29. The molecule has 0 spiro atoms. The van der Waals surface area contributed by atoms with Crippen molar-refractivity contribution in [2.75, 3.05) is 13.7 Å². The van der Waals surface area contributed by atoms with Crippen LogP contribution in [0, 0.1) is 0 Å². The van der Waals surface area contributed by atoms with Crippen molar-refractivity contribution < 1.29 is 14.9 Å². The van der Waals surface area contributed by atoms with Gasteiger partial charge in [0.2, 0.25) is 0 Å². The van der Waals surface area contributed by atoms with E-state index in [2.05, 4.69) is 0 Å². The average molecular weight is 194 g/mol. The molecular weight excluding hydrogens is 180 g/mol. The first kappa shape index (κ1) is 10.6. The largest absolute Gasteiger partial charge is 0.504 e. The Hall–Kier alpha value is -1.48. The molecule has 0 amide bonds. The smallest absolute Gasteiger partial charge is 0.160 e. The molecule has 14 heavy (non-hydrogen) atoms. The standard InChI is InChI=1S/C11H14O3/c1-14-11-6-5-9(8-10(11)13)4-2-3-7-12/h2,4-6,8,12-13H,3,7H2,1H3. The summed E-state index contributed by atoms with van der Waals surface area (Å²) in [4.78, 5) is 0. The quantitative estimate of drug-likeness (QED) is 0.768. The number of ether oxygens (including phenoxy) is 1. The first-order valence-corrected chi connectivity index (χ1v) is 4.42. The van der Waals surface area contributed by atoms with Crippen molar-refractivity contribution in [3.05, 3.63) is 29.8 Å². The van der Waals surface area contributed by atoms with E-state index in [0.29, 0.717) is 12.2 Å². The van der Waals surface area contributed by atoms with Crippen LogP contribution in [0.1, 0.15) is 12.0 Å². The summed E-state index contributed by atoms with van der Waals surface area (Å²) in [5.74, 6) is 0.586. The molecule has 1 aromatic carbocycles. The minimum Gasteiger partial charge on any atom is -0.504 e. The summed E-state index contributed by atoms with van der Waals surface area (Å²) in [7, 11) is 1.51. The molecule has 3 heteroatoms. The summed E-state index contributed by atoms with van der Waals surface area (Å²) in [6, 6.07) is 5.16. The fraction of sp³-hybridized carbons (Fsp3) is 0.273. The highest BCUT2D eigenvalue weighted by atomic mass is 16.5. The van der Waals surface area contributed by atoms with E-state index < -0.39 is 0 Å². The third-order valence-corrected chi connectivity index (χ3v) is 1.81. The van der Waals surface area contributed by atoms with Gasteiger partial charge in [-0.1, -0.05) is 18.2 Å². The van der Waals surface area contributed by atoms with Gasteiger partial charge in [0.15, 0.2) is 11.5 Å². The Balaban J connectivity index is 2.76. The number of aliphatic hydroxyl groups is 1. The number of methoxy groups -OCH3 is 1.